The van der Waals surface area contributed by atoms with Crippen molar-refractivity contribution in [2.75, 3.05) is 0 Å². The summed E-state index contributed by atoms with van der Waals surface area (Å²) in [6.45, 7) is 2.29. The van der Waals surface area contributed by atoms with Gasteiger partial charge in [-0.05, 0) is 92.5 Å². The van der Waals surface area contributed by atoms with Crippen molar-refractivity contribution in [2.24, 2.45) is 23.7 Å². The Bertz CT molecular complexity index is 972. The van der Waals surface area contributed by atoms with Gasteiger partial charge in [-0.2, -0.15) is 0 Å². The molecule has 2 aliphatic carbocycles. The first-order valence-electron chi connectivity index (χ1n) is 13.1. The van der Waals surface area contributed by atoms with E-state index in [2.05, 4.69) is 17.7 Å². The van der Waals surface area contributed by atoms with Gasteiger partial charge < -0.3 is 9.47 Å². The SMILES string of the molecule is CC[C@H]1CC[C@H](C2CCC(CCc3c(F)c[c]c(Oc4ccc(OC(F)(F)F)cc4)c3F)CC2)CC1. The highest BCUT2D eigenvalue weighted by atomic mass is 19.4. The molecule has 0 heterocycles. The van der Waals surface area contributed by atoms with Gasteiger partial charge in [0.1, 0.15) is 17.3 Å². The number of hydrogen-bond acceptors (Lipinski definition) is 2. The molecular formula is C29H34F5O2. The third-order valence-corrected chi connectivity index (χ3v) is 8.19. The van der Waals surface area contributed by atoms with Gasteiger partial charge in [0, 0.05) is 11.6 Å². The van der Waals surface area contributed by atoms with Gasteiger partial charge in [0.05, 0.1) is 0 Å². The van der Waals surface area contributed by atoms with Gasteiger partial charge in [-0.1, -0.05) is 39.0 Å². The molecule has 2 fully saturated rings. The summed E-state index contributed by atoms with van der Waals surface area (Å²) in [4.78, 5) is 0. The lowest BCUT2D eigenvalue weighted by molar-refractivity contribution is -0.274. The molecule has 0 bridgehead atoms. The van der Waals surface area contributed by atoms with Crippen molar-refractivity contribution in [2.45, 2.75) is 83.9 Å². The summed E-state index contributed by atoms with van der Waals surface area (Å²) in [6, 6.07) is 8.09. The molecule has 2 aromatic carbocycles. The minimum Gasteiger partial charge on any atom is -0.454 e. The fourth-order valence-electron chi connectivity index (χ4n) is 6.02. The summed E-state index contributed by atoms with van der Waals surface area (Å²) in [6.07, 6.45) is 7.55. The summed E-state index contributed by atoms with van der Waals surface area (Å²) < 4.78 is 75.7. The summed E-state index contributed by atoms with van der Waals surface area (Å²) >= 11 is 0. The predicted molar refractivity (Wildman–Crippen MR) is 128 cm³/mol. The van der Waals surface area contributed by atoms with Gasteiger partial charge in [0.25, 0.3) is 0 Å². The first kappa shape index (κ1) is 26.7. The van der Waals surface area contributed by atoms with Crippen LogP contribution in [0.3, 0.4) is 0 Å². The van der Waals surface area contributed by atoms with Gasteiger partial charge in [-0.25, -0.2) is 8.78 Å². The largest absolute Gasteiger partial charge is 0.573 e. The standard InChI is InChI=1S/C29H34F5O2/c1-2-19-3-8-21(9-4-19)22-10-5-20(6-11-22)7-16-25-26(30)17-18-27(28(25)31)35-23-12-14-24(15-13-23)36-29(32,33)34/h12-15,17,19-22H,2-11,16H2,1H3/t19-,20?,21-,22?. The van der Waals surface area contributed by atoms with Gasteiger partial charge in [-0.3, -0.25) is 0 Å². The predicted octanol–water partition coefficient (Wildman–Crippen LogP) is 9.41. The molecule has 7 heteroatoms. The van der Waals surface area contributed by atoms with Crippen LogP contribution in [0.25, 0.3) is 0 Å². The molecule has 36 heavy (non-hydrogen) atoms. The zero-order valence-electron chi connectivity index (χ0n) is 20.7. The topological polar surface area (TPSA) is 18.5 Å². The number of benzene rings is 2. The van der Waals surface area contributed by atoms with Crippen molar-refractivity contribution >= 4 is 0 Å². The van der Waals surface area contributed by atoms with Crippen LogP contribution in [-0.4, -0.2) is 6.36 Å². The maximum absolute atomic E-state index is 15.1. The van der Waals surface area contributed by atoms with Crippen LogP contribution in [-0.2, 0) is 6.42 Å². The normalized spacial score (nSPS) is 24.9. The number of hydrogen-bond donors (Lipinski definition) is 0. The second-order valence-electron chi connectivity index (χ2n) is 10.4. The molecule has 0 amide bonds. The number of halogens is 5. The fourth-order valence-corrected chi connectivity index (χ4v) is 6.02. The van der Waals surface area contributed by atoms with Crippen LogP contribution in [0.2, 0.25) is 0 Å². The Morgan fingerprint density at radius 1 is 0.833 bits per heavy atom. The molecule has 0 unspecified atom stereocenters. The van der Waals surface area contributed by atoms with E-state index in [1.165, 1.54) is 57.1 Å². The maximum atomic E-state index is 15.1. The van der Waals surface area contributed by atoms with Crippen molar-refractivity contribution < 1.29 is 31.4 Å². The van der Waals surface area contributed by atoms with E-state index in [9.17, 15) is 17.6 Å². The van der Waals surface area contributed by atoms with Crippen molar-refractivity contribution in [1.82, 2.24) is 0 Å². The number of rotatable bonds is 8. The Morgan fingerprint density at radius 3 is 1.94 bits per heavy atom. The average Bonchev–Trinajstić information content (AvgIpc) is 2.86. The molecule has 0 spiro atoms. The van der Waals surface area contributed by atoms with Crippen molar-refractivity contribution in [3.63, 3.8) is 0 Å². The molecule has 1 radical (unpaired) electrons. The van der Waals surface area contributed by atoms with E-state index in [-0.39, 0.29) is 23.5 Å². The minimum absolute atomic E-state index is 0.0270. The summed E-state index contributed by atoms with van der Waals surface area (Å²) in [5.41, 5.74) is -0.0270. The van der Waals surface area contributed by atoms with E-state index >= 15 is 4.39 Å². The van der Waals surface area contributed by atoms with Crippen LogP contribution < -0.4 is 9.47 Å². The van der Waals surface area contributed by atoms with Gasteiger partial charge >= 0.3 is 6.36 Å². The summed E-state index contributed by atoms with van der Waals surface area (Å²) in [5.74, 6) is 0.952. The molecule has 0 N–H and O–H groups in total. The fraction of sp³-hybridized carbons (Fsp3) is 0.586. The maximum Gasteiger partial charge on any atom is 0.573 e. The van der Waals surface area contributed by atoms with Gasteiger partial charge in [0.15, 0.2) is 11.6 Å². The first-order chi connectivity index (χ1) is 17.2. The van der Waals surface area contributed by atoms with Crippen LogP contribution >= 0.6 is 0 Å². The van der Waals surface area contributed by atoms with Crippen LogP contribution in [0.1, 0.15) is 76.7 Å². The van der Waals surface area contributed by atoms with Crippen LogP contribution in [0.15, 0.2) is 30.3 Å². The van der Waals surface area contributed by atoms with Crippen LogP contribution in [0.4, 0.5) is 22.0 Å². The van der Waals surface area contributed by atoms with E-state index in [0.29, 0.717) is 5.92 Å². The van der Waals surface area contributed by atoms with Crippen LogP contribution in [0.5, 0.6) is 17.2 Å². The van der Waals surface area contributed by atoms with E-state index in [0.717, 1.165) is 55.2 Å². The summed E-state index contributed by atoms with van der Waals surface area (Å²) in [5, 5.41) is 0. The Balaban J connectivity index is 1.30. The molecule has 2 nitrogen and oxygen atoms in total. The highest BCUT2D eigenvalue weighted by Crippen LogP contribution is 2.43. The highest BCUT2D eigenvalue weighted by molar-refractivity contribution is 5.38. The Morgan fingerprint density at radius 2 is 1.39 bits per heavy atom. The zero-order chi connectivity index (χ0) is 25.7. The quantitative estimate of drug-likeness (QED) is 0.330. The molecule has 2 saturated carbocycles. The Hall–Kier alpha value is -2.31. The molecule has 4 rings (SSSR count). The molecule has 2 aromatic rings. The number of alkyl halides is 3. The van der Waals surface area contributed by atoms with Crippen molar-refractivity contribution in [3.8, 4) is 17.2 Å². The summed E-state index contributed by atoms with van der Waals surface area (Å²) in [7, 11) is 0. The minimum atomic E-state index is -4.80. The highest BCUT2D eigenvalue weighted by Gasteiger charge is 2.32. The first-order valence-corrected chi connectivity index (χ1v) is 13.1. The van der Waals surface area contributed by atoms with Crippen LogP contribution in [0, 0.1) is 41.4 Å². The smallest absolute Gasteiger partial charge is 0.454 e. The lowest BCUT2D eigenvalue weighted by atomic mass is 9.68. The van der Waals surface area contributed by atoms with Crippen molar-refractivity contribution in [1.29, 1.82) is 0 Å². The molecule has 0 aliphatic heterocycles. The lowest BCUT2D eigenvalue weighted by Crippen LogP contribution is -2.26. The second-order valence-corrected chi connectivity index (χ2v) is 10.4. The molecular weight excluding hydrogens is 475 g/mol. The van der Waals surface area contributed by atoms with Gasteiger partial charge in [-0.15, -0.1) is 13.2 Å². The number of ether oxygens (including phenoxy) is 2. The van der Waals surface area contributed by atoms with Gasteiger partial charge in [0.2, 0.25) is 0 Å². The molecule has 2 aliphatic rings. The van der Waals surface area contributed by atoms with E-state index < -0.39 is 23.7 Å². The van der Waals surface area contributed by atoms with E-state index in [1.807, 2.05) is 0 Å². The van der Waals surface area contributed by atoms with Crippen molar-refractivity contribution in [3.05, 3.63) is 53.6 Å². The third-order valence-electron chi connectivity index (χ3n) is 8.19. The third kappa shape index (κ3) is 7.13. The molecule has 0 aromatic heterocycles. The van der Waals surface area contributed by atoms with E-state index in [1.54, 1.807) is 0 Å². The monoisotopic (exact) mass is 509 g/mol. The average molecular weight is 510 g/mol. The lowest BCUT2D eigenvalue weighted by Gasteiger charge is -2.37. The molecule has 0 atom stereocenters. The Labute approximate surface area is 210 Å². The second kappa shape index (κ2) is 11.8. The molecule has 0 saturated heterocycles. The molecule has 197 valence electrons. The Kier molecular flexibility index (Phi) is 8.78. The van der Waals surface area contributed by atoms with E-state index in [4.69, 9.17) is 4.74 Å². The zero-order valence-corrected chi connectivity index (χ0v) is 20.7.